The number of aromatic nitrogens is 1. The molecule has 0 saturated heterocycles. The molecule has 1 aliphatic rings. The molecule has 0 saturated carbocycles. The summed E-state index contributed by atoms with van der Waals surface area (Å²) in [5.41, 5.74) is 1.74. The number of carbonyl (C=O) groups excluding carboxylic acids is 1. The van der Waals surface area contributed by atoms with Gasteiger partial charge in [0.1, 0.15) is 17.1 Å². The molecule has 0 bridgehead atoms. The first-order chi connectivity index (χ1) is 10.5. The van der Waals surface area contributed by atoms with Crippen molar-refractivity contribution in [3.05, 3.63) is 45.4 Å². The van der Waals surface area contributed by atoms with Gasteiger partial charge in [-0.05, 0) is 45.8 Å². The quantitative estimate of drug-likeness (QED) is 0.499. The summed E-state index contributed by atoms with van der Waals surface area (Å²) in [5, 5.41) is 0.653. The van der Waals surface area contributed by atoms with Gasteiger partial charge in [-0.15, -0.1) is 0 Å². The summed E-state index contributed by atoms with van der Waals surface area (Å²) in [5.74, 6) is 1.41. The van der Waals surface area contributed by atoms with Crippen LogP contribution >= 0.6 is 23.2 Å². The van der Waals surface area contributed by atoms with Gasteiger partial charge in [-0.3, -0.25) is 0 Å². The largest absolute Gasteiger partial charge is 0.456 e. The fourth-order valence-electron chi connectivity index (χ4n) is 1.61. The number of carbonyl (C=O) groups is 1. The minimum absolute atomic E-state index is 0.283. The van der Waals surface area contributed by atoms with Crippen molar-refractivity contribution in [2.45, 2.75) is 47.5 Å². The summed E-state index contributed by atoms with van der Waals surface area (Å²) < 4.78 is 5.80. The van der Waals surface area contributed by atoms with Crippen LogP contribution in [-0.2, 0) is 4.79 Å². The molecule has 0 fully saturated rings. The highest BCUT2D eigenvalue weighted by molar-refractivity contribution is 6.42. The van der Waals surface area contributed by atoms with Crippen LogP contribution in [0.25, 0.3) is 0 Å². The van der Waals surface area contributed by atoms with E-state index in [0.29, 0.717) is 10.8 Å². The summed E-state index contributed by atoms with van der Waals surface area (Å²) in [4.78, 5) is 12.9. The first kappa shape index (κ1) is 20.7. The molecule has 1 heterocycles. The van der Waals surface area contributed by atoms with E-state index in [1.54, 1.807) is 0 Å². The molecule has 0 atom stereocenters. The van der Waals surface area contributed by atoms with Crippen LogP contribution < -0.4 is 4.74 Å². The first-order valence-corrected chi connectivity index (χ1v) is 8.03. The van der Waals surface area contributed by atoms with Gasteiger partial charge in [-0.25, -0.2) is 4.98 Å². The van der Waals surface area contributed by atoms with Crippen LogP contribution in [0.4, 0.5) is 0 Å². The Morgan fingerprint density at radius 2 is 1.82 bits per heavy atom. The second-order valence-electron chi connectivity index (χ2n) is 4.18. The highest BCUT2D eigenvalue weighted by atomic mass is 35.5. The molecule has 0 radical (unpaired) electrons. The van der Waals surface area contributed by atoms with Crippen molar-refractivity contribution < 1.29 is 9.53 Å². The molecular formula is C17H23Cl2NO2. The number of hydrogen-bond donors (Lipinski definition) is 0. The molecule has 1 aromatic heterocycles. The van der Waals surface area contributed by atoms with E-state index in [1.807, 2.05) is 39.8 Å². The van der Waals surface area contributed by atoms with E-state index >= 15 is 0 Å². The van der Waals surface area contributed by atoms with Gasteiger partial charge in [-0.1, -0.05) is 43.1 Å². The van der Waals surface area contributed by atoms with Crippen LogP contribution in [0, 0.1) is 13.8 Å². The van der Waals surface area contributed by atoms with Crippen molar-refractivity contribution in [3.63, 3.8) is 0 Å². The zero-order valence-corrected chi connectivity index (χ0v) is 15.3. The van der Waals surface area contributed by atoms with Crippen LogP contribution in [0.5, 0.6) is 5.75 Å². The van der Waals surface area contributed by atoms with Crippen LogP contribution in [0.3, 0.4) is 0 Å². The zero-order chi connectivity index (χ0) is 17.1. The number of ether oxygens (including phenoxy) is 1. The molecule has 2 rings (SSSR count). The van der Waals surface area contributed by atoms with E-state index in [1.165, 1.54) is 6.92 Å². The molecule has 1 aliphatic carbocycles. The second kappa shape index (κ2) is 11.3. The average Bonchev–Trinajstić information content (AvgIpc) is 2.53. The van der Waals surface area contributed by atoms with Gasteiger partial charge in [0, 0.05) is 11.3 Å². The maximum absolute atomic E-state index is 8.81. The minimum atomic E-state index is 0.283. The molecule has 22 heavy (non-hydrogen) atoms. The number of hydrogen-bond acceptors (Lipinski definition) is 3. The van der Waals surface area contributed by atoms with Gasteiger partial charge in [-0.2, -0.15) is 0 Å². The van der Waals surface area contributed by atoms with Crippen molar-refractivity contribution >= 4 is 29.5 Å². The Hall–Kier alpha value is -1.32. The number of halogens is 2. The smallest absolute Gasteiger partial charge is 0.153 e. The molecule has 3 nitrogen and oxygen atoms in total. The van der Waals surface area contributed by atoms with Crippen LogP contribution in [0.15, 0.2) is 24.0 Å². The normalized spacial score (nSPS) is 12.2. The van der Waals surface area contributed by atoms with Gasteiger partial charge in [0.2, 0.25) is 0 Å². The maximum Gasteiger partial charge on any atom is 0.153 e. The van der Waals surface area contributed by atoms with E-state index < -0.39 is 0 Å². The Balaban J connectivity index is 0.000000789. The van der Waals surface area contributed by atoms with Gasteiger partial charge in [0.15, 0.2) is 10.9 Å². The van der Waals surface area contributed by atoms with Crippen molar-refractivity contribution in [2.75, 3.05) is 0 Å². The van der Waals surface area contributed by atoms with Crippen molar-refractivity contribution in [3.8, 4) is 5.75 Å². The highest BCUT2D eigenvalue weighted by Gasteiger charge is 2.15. The van der Waals surface area contributed by atoms with E-state index in [4.69, 9.17) is 32.7 Å². The molecule has 0 amide bonds. The number of pyridine rings is 1. The molecule has 0 spiro atoms. The predicted molar refractivity (Wildman–Crippen MR) is 93.9 cm³/mol. The lowest BCUT2D eigenvalue weighted by Crippen LogP contribution is -2.00. The number of allylic oxidation sites excluding steroid dienone is 3. The number of nitrogens with zero attached hydrogens (tertiary/aromatic N) is 1. The van der Waals surface area contributed by atoms with E-state index in [0.717, 1.165) is 36.1 Å². The number of rotatable bonds is 2. The SMILES string of the molecule is CC.CC=O.Cc1nc(Cl)c(Cl)c(OC2=CCCC=C2)c1C. The Kier molecular flexibility index (Phi) is 10.6. The summed E-state index contributed by atoms with van der Waals surface area (Å²) in [6, 6.07) is 0. The Labute approximate surface area is 143 Å². The molecule has 0 N–H and O–H groups in total. The third-order valence-corrected chi connectivity index (χ3v) is 3.43. The van der Waals surface area contributed by atoms with Crippen molar-refractivity contribution in [1.82, 2.24) is 4.98 Å². The van der Waals surface area contributed by atoms with Gasteiger partial charge >= 0.3 is 0 Å². The molecule has 5 heteroatoms. The van der Waals surface area contributed by atoms with Gasteiger partial charge < -0.3 is 9.53 Å². The van der Waals surface area contributed by atoms with Crippen molar-refractivity contribution in [1.29, 1.82) is 0 Å². The molecule has 122 valence electrons. The Bertz CT molecular complexity index is 526. The van der Waals surface area contributed by atoms with Gasteiger partial charge in [0.05, 0.1) is 0 Å². The lowest BCUT2D eigenvalue weighted by atomic mass is 10.1. The number of aldehydes is 1. The lowest BCUT2D eigenvalue weighted by Gasteiger charge is -2.15. The summed E-state index contributed by atoms with van der Waals surface area (Å²) >= 11 is 12.1. The van der Waals surface area contributed by atoms with E-state index in [-0.39, 0.29) is 5.15 Å². The molecule has 1 aromatic rings. The fourth-order valence-corrected chi connectivity index (χ4v) is 2.04. The van der Waals surface area contributed by atoms with Crippen LogP contribution in [0.1, 0.15) is 44.9 Å². The predicted octanol–water partition coefficient (Wildman–Crippen LogP) is 5.85. The van der Waals surface area contributed by atoms with E-state index in [2.05, 4.69) is 11.1 Å². The molecular weight excluding hydrogens is 321 g/mol. The topological polar surface area (TPSA) is 39.2 Å². The van der Waals surface area contributed by atoms with Crippen molar-refractivity contribution in [2.24, 2.45) is 0 Å². The Morgan fingerprint density at radius 1 is 1.23 bits per heavy atom. The molecule has 0 unspecified atom stereocenters. The third-order valence-electron chi connectivity index (χ3n) is 2.71. The highest BCUT2D eigenvalue weighted by Crippen LogP contribution is 2.36. The van der Waals surface area contributed by atoms with Crippen LogP contribution in [0.2, 0.25) is 10.2 Å². The first-order valence-electron chi connectivity index (χ1n) is 7.27. The molecule has 0 aliphatic heterocycles. The maximum atomic E-state index is 8.81. The standard InChI is InChI=1S/C13H13Cl2NO.C2H4O.C2H6/c1-8-9(2)16-13(15)11(14)12(8)17-10-6-4-3-5-7-10;1-2-3;1-2/h4,6-7H,3,5H2,1-2H3;2H,1H3;1-2H3. The zero-order valence-electron chi connectivity index (χ0n) is 13.7. The summed E-state index contributed by atoms with van der Waals surface area (Å²) in [6.07, 6.45) is 8.85. The fraction of sp³-hybridized carbons (Fsp3) is 0.412. The average molecular weight is 344 g/mol. The van der Waals surface area contributed by atoms with Crippen LogP contribution in [-0.4, -0.2) is 11.3 Å². The second-order valence-corrected chi connectivity index (χ2v) is 4.92. The van der Waals surface area contributed by atoms with Gasteiger partial charge in [0.25, 0.3) is 0 Å². The van der Waals surface area contributed by atoms with E-state index in [9.17, 15) is 0 Å². The Morgan fingerprint density at radius 3 is 2.32 bits per heavy atom. The molecule has 0 aromatic carbocycles. The minimum Gasteiger partial charge on any atom is -0.456 e. The third kappa shape index (κ3) is 6.20. The summed E-state index contributed by atoms with van der Waals surface area (Å²) in [7, 11) is 0. The summed E-state index contributed by atoms with van der Waals surface area (Å²) in [6.45, 7) is 9.25. The number of aryl methyl sites for hydroxylation is 1. The monoisotopic (exact) mass is 343 g/mol. The lowest BCUT2D eigenvalue weighted by molar-refractivity contribution is -0.106.